The van der Waals surface area contributed by atoms with Gasteiger partial charge in [0.25, 0.3) is 0 Å². The van der Waals surface area contributed by atoms with Crippen LogP contribution < -0.4 is 5.32 Å². The predicted molar refractivity (Wildman–Crippen MR) is 81.8 cm³/mol. The van der Waals surface area contributed by atoms with E-state index in [-0.39, 0.29) is 0 Å². The highest BCUT2D eigenvalue weighted by molar-refractivity contribution is 5.62. The molecule has 0 atom stereocenters. The van der Waals surface area contributed by atoms with Gasteiger partial charge in [-0.25, -0.2) is 0 Å². The molecule has 3 rings (SSSR count). The molecule has 0 aliphatic heterocycles. The lowest BCUT2D eigenvalue weighted by atomic mass is 10.1. The SMILES string of the molecule is Cc1n[nH]c(C)c1CNc1cccc(-c2nncn2C)c1. The van der Waals surface area contributed by atoms with Crippen LogP contribution in [0.15, 0.2) is 30.6 Å². The molecule has 0 aliphatic rings. The second-order valence-corrected chi connectivity index (χ2v) is 5.11. The third kappa shape index (κ3) is 2.65. The average molecular weight is 282 g/mol. The zero-order chi connectivity index (χ0) is 14.8. The zero-order valence-electron chi connectivity index (χ0n) is 12.4. The Balaban J connectivity index is 1.80. The van der Waals surface area contributed by atoms with Gasteiger partial charge in [-0.2, -0.15) is 5.10 Å². The van der Waals surface area contributed by atoms with Crippen molar-refractivity contribution in [1.82, 2.24) is 25.0 Å². The summed E-state index contributed by atoms with van der Waals surface area (Å²) in [6, 6.07) is 8.17. The van der Waals surface area contributed by atoms with Crippen molar-refractivity contribution in [2.45, 2.75) is 20.4 Å². The van der Waals surface area contributed by atoms with Crippen molar-refractivity contribution in [1.29, 1.82) is 0 Å². The number of anilines is 1. The number of hydrogen-bond donors (Lipinski definition) is 2. The van der Waals surface area contributed by atoms with Gasteiger partial charge in [0.2, 0.25) is 0 Å². The van der Waals surface area contributed by atoms with Crippen LogP contribution in [0, 0.1) is 13.8 Å². The highest BCUT2D eigenvalue weighted by atomic mass is 15.2. The van der Waals surface area contributed by atoms with Crippen LogP contribution in [-0.2, 0) is 13.6 Å². The van der Waals surface area contributed by atoms with Crippen molar-refractivity contribution in [3.8, 4) is 11.4 Å². The number of aryl methyl sites for hydroxylation is 3. The maximum Gasteiger partial charge on any atom is 0.163 e. The first-order chi connectivity index (χ1) is 10.1. The first-order valence-corrected chi connectivity index (χ1v) is 6.84. The van der Waals surface area contributed by atoms with Crippen molar-refractivity contribution in [2.75, 3.05) is 5.32 Å². The number of hydrogen-bond acceptors (Lipinski definition) is 4. The number of nitrogens with zero attached hydrogens (tertiary/aromatic N) is 4. The molecule has 3 aromatic rings. The summed E-state index contributed by atoms with van der Waals surface area (Å²) in [6.45, 7) is 4.79. The molecule has 0 bridgehead atoms. The number of nitrogens with one attached hydrogen (secondary N) is 2. The van der Waals surface area contributed by atoms with E-state index in [1.807, 2.05) is 43.7 Å². The van der Waals surface area contributed by atoms with Gasteiger partial charge in [0.15, 0.2) is 5.82 Å². The molecule has 1 aromatic carbocycles. The Labute approximate surface area is 123 Å². The highest BCUT2D eigenvalue weighted by Gasteiger charge is 2.07. The van der Waals surface area contributed by atoms with Crippen LogP contribution in [0.3, 0.4) is 0 Å². The van der Waals surface area contributed by atoms with Crippen molar-refractivity contribution < 1.29 is 0 Å². The maximum atomic E-state index is 4.21. The highest BCUT2D eigenvalue weighted by Crippen LogP contribution is 2.21. The second-order valence-electron chi connectivity index (χ2n) is 5.11. The minimum atomic E-state index is 0.746. The van der Waals surface area contributed by atoms with Crippen LogP contribution in [0.2, 0.25) is 0 Å². The lowest BCUT2D eigenvalue weighted by Gasteiger charge is -2.08. The predicted octanol–water partition coefficient (Wildman–Crippen LogP) is 2.43. The Hall–Kier alpha value is -2.63. The van der Waals surface area contributed by atoms with Crippen LogP contribution in [0.25, 0.3) is 11.4 Å². The molecule has 0 saturated carbocycles. The Morgan fingerprint density at radius 3 is 2.81 bits per heavy atom. The molecule has 108 valence electrons. The summed E-state index contributed by atoms with van der Waals surface area (Å²) in [5, 5.41) is 18.7. The quantitative estimate of drug-likeness (QED) is 0.771. The van der Waals surface area contributed by atoms with Gasteiger partial charge in [-0.3, -0.25) is 5.10 Å². The summed E-state index contributed by atoms with van der Waals surface area (Å²) >= 11 is 0. The first kappa shape index (κ1) is 13.4. The number of H-pyrrole nitrogens is 1. The zero-order valence-corrected chi connectivity index (χ0v) is 12.4. The number of aromatic nitrogens is 5. The molecule has 6 heteroatoms. The topological polar surface area (TPSA) is 71.4 Å². The summed E-state index contributed by atoms with van der Waals surface area (Å²) in [4.78, 5) is 0. The average Bonchev–Trinajstić information content (AvgIpc) is 3.04. The molecule has 0 unspecified atom stereocenters. The van der Waals surface area contributed by atoms with Gasteiger partial charge >= 0.3 is 0 Å². The largest absolute Gasteiger partial charge is 0.381 e. The molecule has 6 nitrogen and oxygen atoms in total. The summed E-state index contributed by atoms with van der Waals surface area (Å²) in [6.07, 6.45) is 1.70. The van der Waals surface area contributed by atoms with Gasteiger partial charge in [-0.05, 0) is 26.0 Å². The Morgan fingerprint density at radius 1 is 1.29 bits per heavy atom. The van der Waals surface area contributed by atoms with E-state index in [1.54, 1.807) is 6.33 Å². The third-order valence-corrected chi connectivity index (χ3v) is 3.58. The molecular weight excluding hydrogens is 264 g/mol. The van der Waals surface area contributed by atoms with E-state index in [1.165, 1.54) is 5.56 Å². The normalized spacial score (nSPS) is 10.8. The van der Waals surface area contributed by atoms with Gasteiger partial charge in [0.1, 0.15) is 6.33 Å². The Morgan fingerprint density at radius 2 is 2.14 bits per heavy atom. The van der Waals surface area contributed by atoms with Gasteiger partial charge < -0.3 is 9.88 Å². The lowest BCUT2D eigenvalue weighted by molar-refractivity contribution is 0.920. The van der Waals surface area contributed by atoms with E-state index in [9.17, 15) is 0 Å². The molecule has 0 saturated heterocycles. The van der Waals surface area contributed by atoms with Crippen LogP contribution in [0.4, 0.5) is 5.69 Å². The van der Waals surface area contributed by atoms with E-state index < -0.39 is 0 Å². The van der Waals surface area contributed by atoms with Crippen molar-refractivity contribution in [3.63, 3.8) is 0 Å². The van der Waals surface area contributed by atoms with Crippen molar-refractivity contribution >= 4 is 5.69 Å². The molecule has 0 spiro atoms. The second kappa shape index (κ2) is 5.40. The molecule has 0 fully saturated rings. The van der Waals surface area contributed by atoms with E-state index in [4.69, 9.17) is 0 Å². The minimum absolute atomic E-state index is 0.746. The smallest absolute Gasteiger partial charge is 0.163 e. The fourth-order valence-corrected chi connectivity index (χ4v) is 2.34. The summed E-state index contributed by atoms with van der Waals surface area (Å²) in [7, 11) is 1.94. The summed E-state index contributed by atoms with van der Waals surface area (Å²) < 4.78 is 1.91. The maximum absolute atomic E-state index is 4.21. The van der Waals surface area contributed by atoms with Crippen LogP contribution >= 0.6 is 0 Å². The van der Waals surface area contributed by atoms with Gasteiger partial charge in [-0.1, -0.05) is 12.1 Å². The number of aromatic amines is 1. The van der Waals surface area contributed by atoms with E-state index in [0.717, 1.165) is 35.0 Å². The monoisotopic (exact) mass is 282 g/mol. The molecule has 0 aliphatic carbocycles. The standard InChI is InChI=1S/C15H18N6/c1-10-14(11(2)19-18-10)8-16-13-6-4-5-12(7-13)15-20-17-9-21(15)3/h4-7,9,16H,8H2,1-3H3,(H,18,19). The molecule has 21 heavy (non-hydrogen) atoms. The summed E-state index contributed by atoms with van der Waals surface area (Å²) in [5.74, 6) is 0.856. The fraction of sp³-hybridized carbons (Fsp3) is 0.267. The van der Waals surface area contributed by atoms with Crippen molar-refractivity contribution in [3.05, 3.63) is 47.5 Å². The van der Waals surface area contributed by atoms with Crippen LogP contribution in [0.1, 0.15) is 17.0 Å². The van der Waals surface area contributed by atoms with Gasteiger partial charge in [-0.15, -0.1) is 10.2 Å². The molecule has 0 radical (unpaired) electrons. The fourth-order valence-electron chi connectivity index (χ4n) is 2.34. The number of benzene rings is 1. The van der Waals surface area contributed by atoms with E-state index in [2.05, 4.69) is 31.8 Å². The van der Waals surface area contributed by atoms with E-state index in [0.29, 0.717) is 0 Å². The van der Waals surface area contributed by atoms with Crippen LogP contribution in [0.5, 0.6) is 0 Å². The molecular formula is C15H18N6. The van der Waals surface area contributed by atoms with E-state index >= 15 is 0 Å². The minimum Gasteiger partial charge on any atom is -0.381 e. The molecule has 2 aromatic heterocycles. The molecule has 2 heterocycles. The molecule has 2 N–H and O–H groups in total. The van der Waals surface area contributed by atoms with Gasteiger partial charge in [0.05, 0.1) is 5.69 Å². The van der Waals surface area contributed by atoms with Gasteiger partial charge in [0, 0.05) is 36.1 Å². The third-order valence-electron chi connectivity index (χ3n) is 3.58. The number of rotatable bonds is 4. The lowest BCUT2D eigenvalue weighted by Crippen LogP contribution is -2.02. The Bertz CT molecular complexity index is 736. The van der Waals surface area contributed by atoms with Crippen molar-refractivity contribution in [2.24, 2.45) is 7.05 Å². The van der Waals surface area contributed by atoms with Crippen LogP contribution in [-0.4, -0.2) is 25.0 Å². The first-order valence-electron chi connectivity index (χ1n) is 6.84. The molecule has 0 amide bonds. The Kier molecular flexibility index (Phi) is 3.43. The summed E-state index contributed by atoms with van der Waals surface area (Å²) in [5.41, 5.74) is 5.43.